The molecule has 0 atom stereocenters. The minimum atomic E-state index is -1.01. The third-order valence-electron chi connectivity index (χ3n) is 7.01. The highest BCUT2D eigenvalue weighted by atomic mass is 16.4. The molecule has 0 aliphatic rings. The average Bonchev–Trinajstić information content (AvgIpc) is 2.99. The van der Waals surface area contributed by atoms with Gasteiger partial charge in [-0.05, 0) is 42.5 Å². The number of pyridine rings is 4. The van der Waals surface area contributed by atoms with Crippen LogP contribution in [0.15, 0.2) is 97.3 Å². The number of rotatable bonds is 4. The van der Waals surface area contributed by atoms with E-state index in [9.17, 15) is 19.8 Å². The lowest BCUT2D eigenvalue weighted by Gasteiger charge is -2.10. The van der Waals surface area contributed by atoms with Gasteiger partial charge >= 0.3 is 11.9 Å². The second kappa shape index (κ2) is 8.92. The predicted molar refractivity (Wildman–Crippen MR) is 152 cm³/mol. The Morgan fingerprint density at radius 2 is 1.00 bits per heavy atom. The molecular weight excluding hydrogens is 504 g/mol. The number of carbonyl (C=O) groups is 2. The van der Waals surface area contributed by atoms with Gasteiger partial charge in [0.2, 0.25) is 0 Å². The molecule has 0 unspecified atom stereocenters. The highest BCUT2D eigenvalue weighted by Gasteiger charge is 2.16. The van der Waals surface area contributed by atoms with Gasteiger partial charge in [-0.3, -0.25) is 9.97 Å². The predicted octanol–water partition coefficient (Wildman–Crippen LogP) is 6.61. The van der Waals surface area contributed by atoms with Gasteiger partial charge in [-0.15, -0.1) is 0 Å². The molecule has 190 valence electrons. The zero-order valence-electron chi connectivity index (χ0n) is 20.7. The molecule has 0 aliphatic heterocycles. The fraction of sp³-hybridized carbons (Fsp3) is 0. The van der Waals surface area contributed by atoms with Gasteiger partial charge in [-0.2, -0.15) is 0 Å². The van der Waals surface area contributed by atoms with Gasteiger partial charge in [0.25, 0.3) is 0 Å². The molecule has 0 saturated carbocycles. The third-order valence-corrected chi connectivity index (χ3v) is 7.01. The van der Waals surface area contributed by atoms with Crippen LogP contribution in [0, 0.1) is 0 Å². The van der Waals surface area contributed by atoms with Crippen LogP contribution in [0.2, 0.25) is 0 Å². The van der Waals surface area contributed by atoms with E-state index in [0.717, 1.165) is 11.1 Å². The lowest BCUT2D eigenvalue weighted by atomic mass is 10.0. The second-order valence-corrected chi connectivity index (χ2v) is 9.37. The summed E-state index contributed by atoms with van der Waals surface area (Å²) in [5.74, 6) is -2.02. The van der Waals surface area contributed by atoms with Crippen LogP contribution in [-0.2, 0) is 0 Å². The first-order valence-corrected chi connectivity index (χ1v) is 12.4. The van der Waals surface area contributed by atoms with Crippen LogP contribution in [-0.4, -0.2) is 42.1 Å². The van der Waals surface area contributed by atoms with E-state index in [1.165, 1.54) is 0 Å². The summed E-state index contributed by atoms with van der Waals surface area (Å²) in [5.41, 5.74) is 5.83. The van der Waals surface area contributed by atoms with Gasteiger partial charge in [-0.1, -0.05) is 42.5 Å². The number of carboxylic acids is 2. The van der Waals surface area contributed by atoms with E-state index in [1.807, 2.05) is 48.5 Å². The zero-order chi connectivity index (χ0) is 27.4. The van der Waals surface area contributed by atoms with E-state index in [2.05, 4.69) is 9.97 Å². The number of nitrogens with zero attached hydrogens (tertiary/aromatic N) is 4. The summed E-state index contributed by atoms with van der Waals surface area (Å²) < 4.78 is 0. The summed E-state index contributed by atoms with van der Waals surface area (Å²) in [5, 5.41) is 21.8. The molecule has 8 heteroatoms. The molecule has 4 aromatic heterocycles. The first-order valence-electron chi connectivity index (χ1n) is 12.4. The molecule has 0 amide bonds. The van der Waals surface area contributed by atoms with Crippen molar-refractivity contribution in [2.45, 2.75) is 0 Å². The summed E-state index contributed by atoms with van der Waals surface area (Å²) in [7, 11) is 0. The Morgan fingerprint density at radius 1 is 0.525 bits per heavy atom. The van der Waals surface area contributed by atoms with Gasteiger partial charge in [0.1, 0.15) is 0 Å². The van der Waals surface area contributed by atoms with E-state index in [1.54, 1.807) is 48.8 Å². The Hall–Kier alpha value is -5.76. The highest BCUT2D eigenvalue weighted by Crippen LogP contribution is 2.32. The van der Waals surface area contributed by atoms with Crippen molar-refractivity contribution in [3.63, 3.8) is 0 Å². The molecule has 0 spiro atoms. The molecule has 4 heterocycles. The van der Waals surface area contributed by atoms with Crippen molar-refractivity contribution in [1.82, 2.24) is 19.9 Å². The molecule has 40 heavy (non-hydrogen) atoms. The Bertz CT molecular complexity index is 2040. The van der Waals surface area contributed by atoms with E-state index in [-0.39, 0.29) is 11.1 Å². The van der Waals surface area contributed by atoms with Crippen LogP contribution in [0.1, 0.15) is 20.7 Å². The molecule has 0 aliphatic carbocycles. The standard InChI is InChI=1S/C32H18N4O4/c37-31(38)23-15-19-8-10-25(35-27(19)29-21(23)6-2-12-33-29)17-4-1-5-18(14-17)26-11-9-20-16-24(32(39)40)22-7-3-13-34-30(22)28(20)36-26/h1-16H,(H,37,38)(H,39,40). The number of carboxylic acid groups (broad SMARTS) is 2. The normalized spacial score (nSPS) is 11.4. The Kier molecular flexibility index (Phi) is 5.21. The van der Waals surface area contributed by atoms with Crippen molar-refractivity contribution in [2.75, 3.05) is 0 Å². The highest BCUT2D eigenvalue weighted by molar-refractivity contribution is 6.14. The van der Waals surface area contributed by atoms with Crippen molar-refractivity contribution < 1.29 is 19.8 Å². The number of fused-ring (bicyclic) bond motifs is 6. The molecule has 0 bridgehead atoms. The first kappa shape index (κ1) is 23.4. The topological polar surface area (TPSA) is 126 Å². The van der Waals surface area contributed by atoms with Crippen molar-refractivity contribution in [3.05, 3.63) is 108 Å². The number of hydrogen-bond donors (Lipinski definition) is 2. The number of benzene rings is 3. The van der Waals surface area contributed by atoms with Gasteiger partial charge in [0, 0.05) is 45.1 Å². The SMILES string of the molecule is O=C(O)c1cc2ccc(-c3cccc(-c4ccc5cc(C(=O)O)c6cccnc6c5n4)c3)nc2c2ncccc12. The Morgan fingerprint density at radius 3 is 1.45 bits per heavy atom. The maximum Gasteiger partial charge on any atom is 0.336 e. The quantitative estimate of drug-likeness (QED) is 0.247. The summed E-state index contributed by atoms with van der Waals surface area (Å²) in [6, 6.07) is 25.4. The lowest BCUT2D eigenvalue weighted by molar-refractivity contribution is 0.0688. The van der Waals surface area contributed by atoms with Gasteiger partial charge in [0.05, 0.1) is 44.6 Å². The fourth-order valence-electron chi connectivity index (χ4n) is 5.15. The number of aromatic carboxylic acids is 2. The zero-order valence-corrected chi connectivity index (χ0v) is 20.7. The van der Waals surface area contributed by atoms with E-state index in [4.69, 9.17) is 9.97 Å². The first-order chi connectivity index (χ1) is 19.5. The van der Waals surface area contributed by atoms with Gasteiger partial charge in [0.15, 0.2) is 0 Å². The monoisotopic (exact) mass is 522 g/mol. The Labute approximate surface area is 226 Å². The van der Waals surface area contributed by atoms with Gasteiger partial charge in [-0.25, -0.2) is 19.6 Å². The molecule has 7 rings (SSSR count). The minimum absolute atomic E-state index is 0.187. The lowest BCUT2D eigenvalue weighted by Crippen LogP contribution is -2.00. The van der Waals surface area contributed by atoms with Crippen molar-refractivity contribution in [1.29, 1.82) is 0 Å². The second-order valence-electron chi connectivity index (χ2n) is 9.37. The fourth-order valence-corrected chi connectivity index (χ4v) is 5.15. The molecule has 8 nitrogen and oxygen atoms in total. The summed E-state index contributed by atoms with van der Waals surface area (Å²) in [4.78, 5) is 42.3. The third kappa shape index (κ3) is 3.70. The van der Waals surface area contributed by atoms with Crippen LogP contribution in [0.5, 0.6) is 0 Å². The van der Waals surface area contributed by atoms with Crippen LogP contribution in [0.3, 0.4) is 0 Å². The average molecular weight is 523 g/mol. The molecule has 0 radical (unpaired) electrons. The van der Waals surface area contributed by atoms with Crippen molar-refractivity contribution >= 4 is 55.6 Å². The van der Waals surface area contributed by atoms with Crippen LogP contribution >= 0.6 is 0 Å². The smallest absolute Gasteiger partial charge is 0.336 e. The van der Waals surface area contributed by atoms with E-state index < -0.39 is 11.9 Å². The van der Waals surface area contributed by atoms with Gasteiger partial charge < -0.3 is 10.2 Å². The number of hydrogen-bond acceptors (Lipinski definition) is 6. The van der Waals surface area contributed by atoms with E-state index >= 15 is 0 Å². The molecule has 7 aromatic rings. The van der Waals surface area contributed by atoms with E-state index in [0.29, 0.717) is 55.0 Å². The summed E-state index contributed by atoms with van der Waals surface area (Å²) in [6.45, 7) is 0. The maximum atomic E-state index is 11.8. The number of aromatic nitrogens is 4. The molecule has 0 fully saturated rings. The van der Waals surface area contributed by atoms with Crippen LogP contribution in [0.25, 0.3) is 66.1 Å². The van der Waals surface area contributed by atoms with Crippen molar-refractivity contribution in [3.8, 4) is 22.5 Å². The van der Waals surface area contributed by atoms with Crippen LogP contribution in [0.4, 0.5) is 0 Å². The maximum absolute atomic E-state index is 11.8. The summed E-state index contributed by atoms with van der Waals surface area (Å²) in [6.07, 6.45) is 3.26. The largest absolute Gasteiger partial charge is 0.478 e. The molecule has 0 saturated heterocycles. The van der Waals surface area contributed by atoms with Crippen molar-refractivity contribution in [2.24, 2.45) is 0 Å². The molecule has 2 N–H and O–H groups in total. The summed E-state index contributed by atoms with van der Waals surface area (Å²) >= 11 is 0. The molecular formula is C32H18N4O4. The molecule has 3 aromatic carbocycles. The Balaban J connectivity index is 1.37. The van der Waals surface area contributed by atoms with Crippen LogP contribution < -0.4 is 0 Å². The minimum Gasteiger partial charge on any atom is -0.478 e.